The Bertz CT molecular complexity index is 1120. The quantitative estimate of drug-likeness (QED) is 0.163. The molecule has 0 spiro atoms. The summed E-state index contributed by atoms with van der Waals surface area (Å²) in [6.45, 7) is 32.3. The fraction of sp³-hybridized carbons (Fsp3) is 0.923. The van der Waals surface area contributed by atoms with Crippen molar-refractivity contribution in [2.24, 2.45) is 10.9 Å². The van der Waals surface area contributed by atoms with E-state index in [-0.39, 0.29) is 59.1 Å². The molecule has 50 heavy (non-hydrogen) atoms. The standard InChI is InChI=1S/C39H77N7O4/c1-18-21-39(14,19-2)45(26-31(47)29(4)5)35(6,7)22-23-44(20-3)34-41-28-40-33(43(34)16)42(15)30-24-36(8,9)46(37(10,11)25-30)50-27-32(48)38(12,13)49-17/h28-30,33-34H,18-27H2,1-17H3,(H,40,41). The molecule has 0 aliphatic carbocycles. The number of hydrogen-bond donors (Lipinski definition) is 1. The molecule has 1 N–H and O–H groups in total. The van der Waals surface area contributed by atoms with Gasteiger partial charge in [-0.3, -0.25) is 29.1 Å². The lowest BCUT2D eigenvalue weighted by atomic mass is 9.78. The van der Waals surface area contributed by atoms with Crippen LogP contribution in [-0.2, 0) is 19.2 Å². The van der Waals surface area contributed by atoms with Crippen LogP contribution in [0.15, 0.2) is 4.99 Å². The van der Waals surface area contributed by atoms with Gasteiger partial charge in [-0.1, -0.05) is 41.0 Å². The fourth-order valence-corrected chi connectivity index (χ4v) is 8.24. The molecule has 292 valence electrons. The molecule has 11 nitrogen and oxygen atoms in total. The van der Waals surface area contributed by atoms with Crippen LogP contribution in [0.25, 0.3) is 0 Å². The van der Waals surface area contributed by atoms with Gasteiger partial charge in [0.1, 0.15) is 24.3 Å². The summed E-state index contributed by atoms with van der Waals surface area (Å²) in [5.41, 5.74) is -1.74. The Kier molecular flexibility index (Phi) is 15.7. The smallest absolute Gasteiger partial charge is 0.191 e. The zero-order chi connectivity index (χ0) is 38.5. The van der Waals surface area contributed by atoms with Gasteiger partial charge in [-0.05, 0) is 115 Å². The Hall–Kier alpha value is -1.47. The molecule has 3 atom stereocenters. The van der Waals surface area contributed by atoms with Gasteiger partial charge in [0, 0.05) is 47.8 Å². The average Bonchev–Trinajstić information content (AvgIpc) is 3.02. The Morgan fingerprint density at radius 2 is 1.60 bits per heavy atom. The first-order valence-electron chi connectivity index (χ1n) is 19.2. The van der Waals surface area contributed by atoms with Gasteiger partial charge in [0.25, 0.3) is 0 Å². The summed E-state index contributed by atoms with van der Waals surface area (Å²) < 4.78 is 5.40. The lowest BCUT2D eigenvalue weighted by Gasteiger charge is -2.57. The highest BCUT2D eigenvalue weighted by atomic mass is 16.7. The third kappa shape index (κ3) is 10.6. The number of carbonyl (C=O) groups excluding carboxylic acids is 2. The van der Waals surface area contributed by atoms with E-state index in [0.29, 0.717) is 12.3 Å². The Labute approximate surface area is 306 Å². The summed E-state index contributed by atoms with van der Waals surface area (Å²) in [5.74, 6) is 0.246. The molecule has 2 rings (SSSR count). The molecule has 0 amide bonds. The maximum atomic E-state index is 13.2. The van der Waals surface area contributed by atoms with E-state index in [0.717, 1.165) is 51.6 Å². The summed E-state index contributed by atoms with van der Waals surface area (Å²) in [4.78, 5) is 47.0. The number of methoxy groups -OCH3 is 1. The molecular formula is C39H77N7O4. The van der Waals surface area contributed by atoms with E-state index in [2.05, 4.69) is 108 Å². The van der Waals surface area contributed by atoms with E-state index >= 15 is 0 Å². The largest absolute Gasteiger partial charge is 0.371 e. The number of aliphatic imine (C=N–C) groups is 1. The summed E-state index contributed by atoms with van der Waals surface area (Å²) >= 11 is 0. The maximum absolute atomic E-state index is 13.2. The Morgan fingerprint density at radius 3 is 2.08 bits per heavy atom. The molecule has 2 aliphatic rings. The molecule has 0 radical (unpaired) electrons. The van der Waals surface area contributed by atoms with E-state index in [1.54, 1.807) is 21.0 Å². The molecular weight excluding hydrogens is 630 g/mol. The Balaban J connectivity index is 2.22. The van der Waals surface area contributed by atoms with Crippen LogP contribution in [0.3, 0.4) is 0 Å². The molecule has 0 aromatic carbocycles. The SMILES string of the molecule is CCCC(C)(CC)N(CC(=O)C(C)C)C(C)(C)CCN(CC)C1N=CNC(N(C)C2CC(C)(C)N(OCC(=O)C(C)(C)OC)C(C)(C)C2)N1C. The third-order valence-corrected chi connectivity index (χ3v) is 11.9. The fourth-order valence-electron chi connectivity index (χ4n) is 8.24. The number of carbonyl (C=O) groups is 2. The minimum atomic E-state index is -0.887. The second kappa shape index (κ2) is 17.6. The van der Waals surface area contributed by atoms with Crippen LogP contribution in [0, 0.1) is 5.92 Å². The monoisotopic (exact) mass is 708 g/mol. The molecule has 2 aliphatic heterocycles. The Morgan fingerprint density at radius 1 is 1.02 bits per heavy atom. The van der Waals surface area contributed by atoms with Gasteiger partial charge in [-0.2, -0.15) is 5.06 Å². The van der Waals surface area contributed by atoms with E-state index in [9.17, 15) is 9.59 Å². The highest BCUT2D eigenvalue weighted by Gasteiger charge is 2.50. The van der Waals surface area contributed by atoms with Crippen molar-refractivity contribution in [3.05, 3.63) is 0 Å². The average molecular weight is 708 g/mol. The lowest BCUT2D eigenvalue weighted by Crippen LogP contribution is -2.69. The number of ether oxygens (including phenoxy) is 1. The predicted molar refractivity (Wildman–Crippen MR) is 206 cm³/mol. The van der Waals surface area contributed by atoms with Crippen molar-refractivity contribution < 1.29 is 19.2 Å². The van der Waals surface area contributed by atoms with Gasteiger partial charge >= 0.3 is 0 Å². The molecule has 0 saturated carbocycles. The van der Waals surface area contributed by atoms with Crippen molar-refractivity contribution in [2.45, 2.75) is 182 Å². The number of nitrogens with one attached hydrogen (secondary N) is 1. The molecule has 0 bridgehead atoms. The van der Waals surface area contributed by atoms with Crippen molar-refractivity contribution >= 4 is 17.9 Å². The maximum Gasteiger partial charge on any atom is 0.191 e. The molecule has 2 heterocycles. The minimum absolute atomic E-state index is 0.0169. The van der Waals surface area contributed by atoms with Crippen LogP contribution in [0.1, 0.15) is 135 Å². The summed E-state index contributed by atoms with van der Waals surface area (Å²) in [6.07, 6.45) is 7.51. The van der Waals surface area contributed by atoms with E-state index < -0.39 is 5.60 Å². The van der Waals surface area contributed by atoms with Crippen LogP contribution < -0.4 is 5.32 Å². The highest BCUT2D eigenvalue weighted by molar-refractivity contribution is 5.87. The number of ketones is 2. The first kappa shape index (κ1) is 44.7. The van der Waals surface area contributed by atoms with Crippen LogP contribution >= 0.6 is 0 Å². The molecule has 3 unspecified atom stereocenters. The first-order chi connectivity index (χ1) is 22.9. The van der Waals surface area contributed by atoms with Gasteiger partial charge < -0.3 is 10.1 Å². The van der Waals surface area contributed by atoms with E-state index in [4.69, 9.17) is 14.6 Å². The van der Waals surface area contributed by atoms with Crippen LogP contribution in [0.2, 0.25) is 0 Å². The van der Waals surface area contributed by atoms with Crippen molar-refractivity contribution in [1.29, 1.82) is 0 Å². The van der Waals surface area contributed by atoms with Crippen LogP contribution in [-0.4, -0.2) is 136 Å². The van der Waals surface area contributed by atoms with Gasteiger partial charge in [0.2, 0.25) is 0 Å². The zero-order valence-corrected chi connectivity index (χ0v) is 35.3. The predicted octanol–water partition coefficient (Wildman–Crippen LogP) is 5.98. The summed E-state index contributed by atoms with van der Waals surface area (Å²) in [7, 11) is 5.91. The summed E-state index contributed by atoms with van der Waals surface area (Å²) in [5, 5.41) is 5.59. The van der Waals surface area contributed by atoms with Crippen molar-refractivity contribution in [1.82, 2.24) is 30.0 Å². The van der Waals surface area contributed by atoms with Crippen molar-refractivity contribution in [3.8, 4) is 0 Å². The minimum Gasteiger partial charge on any atom is -0.371 e. The number of Topliss-reactive ketones (excluding diaryl/α,β-unsaturated/α-hetero) is 2. The first-order valence-corrected chi connectivity index (χ1v) is 19.2. The van der Waals surface area contributed by atoms with Gasteiger partial charge in [-0.15, -0.1) is 0 Å². The third-order valence-electron chi connectivity index (χ3n) is 11.9. The topological polar surface area (TPSA) is 93.2 Å². The second-order valence-corrected chi connectivity index (χ2v) is 17.9. The highest BCUT2D eigenvalue weighted by Crippen LogP contribution is 2.41. The molecule has 11 heteroatoms. The van der Waals surface area contributed by atoms with Gasteiger partial charge in [-0.25, -0.2) is 9.89 Å². The number of nitrogens with zero attached hydrogens (tertiary/aromatic N) is 6. The molecule has 0 aromatic heterocycles. The van der Waals surface area contributed by atoms with E-state index in [1.165, 1.54) is 0 Å². The zero-order valence-electron chi connectivity index (χ0n) is 35.3. The van der Waals surface area contributed by atoms with Gasteiger partial charge in [0.15, 0.2) is 12.1 Å². The molecule has 1 saturated heterocycles. The molecule has 0 aromatic rings. The lowest BCUT2D eigenvalue weighted by molar-refractivity contribution is -0.287. The van der Waals surface area contributed by atoms with E-state index in [1.807, 2.05) is 25.2 Å². The van der Waals surface area contributed by atoms with Crippen LogP contribution in [0.4, 0.5) is 0 Å². The number of piperidine rings is 1. The number of rotatable bonds is 20. The number of hydroxylamine groups is 2. The summed E-state index contributed by atoms with van der Waals surface area (Å²) in [6, 6.07) is 0.254. The normalized spacial score (nSPS) is 23.5. The molecule has 1 fully saturated rings. The number of hydrogen-bond acceptors (Lipinski definition) is 11. The van der Waals surface area contributed by atoms with Crippen molar-refractivity contribution in [2.75, 3.05) is 47.4 Å². The second-order valence-electron chi connectivity index (χ2n) is 17.9. The van der Waals surface area contributed by atoms with Crippen LogP contribution in [0.5, 0.6) is 0 Å². The van der Waals surface area contributed by atoms with Crippen molar-refractivity contribution in [3.63, 3.8) is 0 Å². The van der Waals surface area contributed by atoms with Gasteiger partial charge in [0.05, 0.1) is 12.9 Å².